The summed E-state index contributed by atoms with van der Waals surface area (Å²) in [5.74, 6) is -0.143. The van der Waals surface area contributed by atoms with Crippen LogP contribution in [0.15, 0.2) is 22.8 Å². The Labute approximate surface area is 111 Å². The highest BCUT2D eigenvalue weighted by atomic mass is 16.4. The third-order valence-corrected chi connectivity index (χ3v) is 3.26. The largest absolute Gasteiger partial charge is 0.480 e. The quantitative estimate of drug-likeness (QED) is 0.864. The minimum atomic E-state index is -0.939. The fourth-order valence-electron chi connectivity index (χ4n) is 2.34. The molecule has 0 saturated carbocycles. The van der Waals surface area contributed by atoms with Crippen molar-refractivity contribution in [2.24, 2.45) is 0 Å². The number of likely N-dealkylation sites (tertiary alicyclic amines) is 1. The lowest BCUT2D eigenvalue weighted by Crippen LogP contribution is -2.48. The van der Waals surface area contributed by atoms with E-state index < -0.39 is 12.0 Å². The number of rotatable bonds is 4. The van der Waals surface area contributed by atoms with Crippen molar-refractivity contribution in [2.75, 3.05) is 6.54 Å². The first-order valence-corrected chi connectivity index (χ1v) is 6.40. The number of carboxylic acids is 1. The highest BCUT2D eigenvalue weighted by Crippen LogP contribution is 2.17. The van der Waals surface area contributed by atoms with E-state index in [0.717, 1.165) is 12.2 Å². The van der Waals surface area contributed by atoms with Crippen LogP contribution in [0, 0.1) is 0 Å². The number of carbonyl (C=O) groups excluding carboxylic acids is 1. The van der Waals surface area contributed by atoms with E-state index >= 15 is 0 Å². The maximum absolute atomic E-state index is 12.0. The molecule has 1 aromatic heterocycles. The maximum Gasteiger partial charge on any atom is 0.326 e. The van der Waals surface area contributed by atoms with Gasteiger partial charge in [-0.2, -0.15) is 0 Å². The molecule has 0 aliphatic carbocycles. The van der Waals surface area contributed by atoms with Gasteiger partial charge >= 0.3 is 12.0 Å². The SMILES string of the molecule is CC(Cc1ccco1)NC(=O)N1CCC[C@H]1C(=O)O. The zero-order chi connectivity index (χ0) is 13.8. The lowest BCUT2D eigenvalue weighted by molar-refractivity contribution is -0.141. The molecule has 0 radical (unpaired) electrons. The predicted octanol–water partition coefficient (Wildman–Crippen LogP) is 1.47. The van der Waals surface area contributed by atoms with Gasteiger partial charge in [0, 0.05) is 19.0 Å². The Morgan fingerprint density at radius 3 is 3.05 bits per heavy atom. The molecule has 2 atom stereocenters. The smallest absolute Gasteiger partial charge is 0.326 e. The van der Waals surface area contributed by atoms with Crippen LogP contribution in [-0.4, -0.2) is 40.6 Å². The molecule has 0 aromatic carbocycles. The number of carbonyl (C=O) groups is 2. The summed E-state index contributed by atoms with van der Waals surface area (Å²) in [4.78, 5) is 24.4. The van der Waals surface area contributed by atoms with Crippen LogP contribution in [0.25, 0.3) is 0 Å². The van der Waals surface area contributed by atoms with Crippen LogP contribution in [0.4, 0.5) is 4.79 Å². The number of nitrogens with zero attached hydrogens (tertiary/aromatic N) is 1. The second kappa shape index (κ2) is 5.77. The molecule has 104 valence electrons. The van der Waals surface area contributed by atoms with Crippen LogP contribution in [-0.2, 0) is 11.2 Å². The first-order chi connectivity index (χ1) is 9.08. The number of carboxylic acid groups (broad SMARTS) is 1. The van der Waals surface area contributed by atoms with Crippen LogP contribution in [0.5, 0.6) is 0 Å². The van der Waals surface area contributed by atoms with Crippen LogP contribution >= 0.6 is 0 Å². The third kappa shape index (κ3) is 3.27. The molecule has 1 aliphatic rings. The summed E-state index contributed by atoms with van der Waals surface area (Å²) in [5.41, 5.74) is 0. The molecule has 6 nitrogen and oxygen atoms in total. The Kier molecular flexibility index (Phi) is 4.09. The number of hydrogen-bond donors (Lipinski definition) is 2. The minimum absolute atomic E-state index is 0.103. The monoisotopic (exact) mass is 266 g/mol. The average Bonchev–Trinajstić information content (AvgIpc) is 2.97. The Balaban J connectivity index is 1.88. The van der Waals surface area contributed by atoms with Crippen molar-refractivity contribution in [3.05, 3.63) is 24.2 Å². The Morgan fingerprint density at radius 2 is 2.42 bits per heavy atom. The van der Waals surface area contributed by atoms with Crippen molar-refractivity contribution in [3.63, 3.8) is 0 Å². The number of urea groups is 1. The number of furan rings is 1. The molecule has 1 saturated heterocycles. The summed E-state index contributed by atoms with van der Waals surface area (Å²) < 4.78 is 5.21. The number of hydrogen-bond acceptors (Lipinski definition) is 3. The van der Waals surface area contributed by atoms with Crippen LogP contribution < -0.4 is 5.32 Å². The van der Waals surface area contributed by atoms with E-state index in [9.17, 15) is 9.59 Å². The van der Waals surface area contributed by atoms with Gasteiger partial charge in [0.25, 0.3) is 0 Å². The van der Waals surface area contributed by atoms with Gasteiger partial charge in [0.05, 0.1) is 6.26 Å². The lowest BCUT2D eigenvalue weighted by Gasteiger charge is -2.24. The van der Waals surface area contributed by atoms with E-state index in [0.29, 0.717) is 19.4 Å². The molecule has 1 fully saturated rings. The fourth-order valence-corrected chi connectivity index (χ4v) is 2.34. The van der Waals surface area contributed by atoms with E-state index in [1.165, 1.54) is 4.90 Å². The van der Waals surface area contributed by atoms with Gasteiger partial charge in [-0.3, -0.25) is 0 Å². The van der Waals surface area contributed by atoms with Crippen molar-refractivity contribution in [1.29, 1.82) is 0 Å². The van der Waals surface area contributed by atoms with E-state index in [-0.39, 0.29) is 12.1 Å². The van der Waals surface area contributed by atoms with Gasteiger partial charge in [-0.15, -0.1) is 0 Å². The Hall–Kier alpha value is -1.98. The summed E-state index contributed by atoms with van der Waals surface area (Å²) >= 11 is 0. The topological polar surface area (TPSA) is 82.8 Å². The summed E-state index contributed by atoms with van der Waals surface area (Å²) in [5, 5.41) is 11.8. The summed E-state index contributed by atoms with van der Waals surface area (Å²) in [6, 6.07) is 2.53. The molecule has 0 spiro atoms. The van der Waals surface area contributed by atoms with Crippen molar-refractivity contribution < 1.29 is 19.1 Å². The zero-order valence-corrected chi connectivity index (χ0v) is 10.8. The summed E-state index contributed by atoms with van der Waals surface area (Å²) in [6.45, 7) is 2.36. The van der Waals surface area contributed by atoms with Gasteiger partial charge in [0.2, 0.25) is 0 Å². The summed E-state index contributed by atoms with van der Waals surface area (Å²) in [6.07, 6.45) is 3.43. The number of aliphatic carboxylic acids is 1. The molecule has 19 heavy (non-hydrogen) atoms. The second-order valence-corrected chi connectivity index (χ2v) is 4.82. The van der Waals surface area contributed by atoms with Crippen molar-refractivity contribution in [3.8, 4) is 0 Å². The molecular formula is C13H18N2O4. The molecule has 1 unspecified atom stereocenters. The molecule has 6 heteroatoms. The maximum atomic E-state index is 12.0. The second-order valence-electron chi connectivity index (χ2n) is 4.82. The van der Waals surface area contributed by atoms with E-state index in [2.05, 4.69) is 5.32 Å². The Bertz CT molecular complexity index is 444. The third-order valence-electron chi connectivity index (χ3n) is 3.26. The molecule has 1 aromatic rings. The van der Waals surface area contributed by atoms with Gasteiger partial charge in [-0.1, -0.05) is 0 Å². The molecule has 1 aliphatic heterocycles. The molecule has 2 heterocycles. The number of nitrogens with one attached hydrogen (secondary N) is 1. The van der Waals surface area contributed by atoms with Gasteiger partial charge < -0.3 is 19.7 Å². The molecule has 2 N–H and O–H groups in total. The summed E-state index contributed by atoms with van der Waals surface area (Å²) in [7, 11) is 0. The molecular weight excluding hydrogens is 248 g/mol. The first-order valence-electron chi connectivity index (χ1n) is 6.40. The van der Waals surface area contributed by atoms with Gasteiger partial charge in [-0.05, 0) is 31.9 Å². The standard InChI is InChI=1S/C13H18N2O4/c1-9(8-10-4-3-7-19-10)14-13(18)15-6-2-5-11(15)12(16)17/h3-4,7,9,11H,2,5-6,8H2,1H3,(H,14,18)(H,16,17)/t9?,11-/m0/s1. The predicted molar refractivity (Wildman–Crippen MR) is 67.8 cm³/mol. The van der Waals surface area contributed by atoms with Crippen LogP contribution in [0.1, 0.15) is 25.5 Å². The van der Waals surface area contributed by atoms with E-state index in [1.807, 2.05) is 13.0 Å². The molecule has 0 bridgehead atoms. The highest BCUT2D eigenvalue weighted by Gasteiger charge is 2.34. The van der Waals surface area contributed by atoms with Crippen molar-refractivity contribution in [1.82, 2.24) is 10.2 Å². The average molecular weight is 266 g/mol. The van der Waals surface area contributed by atoms with Gasteiger partial charge in [-0.25, -0.2) is 9.59 Å². The van der Waals surface area contributed by atoms with Gasteiger partial charge in [0.15, 0.2) is 0 Å². The number of amides is 2. The molecule has 2 rings (SSSR count). The van der Waals surface area contributed by atoms with Crippen molar-refractivity contribution in [2.45, 2.75) is 38.3 Å². The Morgan fingerprint density at radius 1 is 1.63 bits per heavy atom. The van der Waals surface area contributed by atoms with Crippen LogP contribution in [0.2, 0.25) is 0 Å². The van der Waals surface area contributed by atoms with Crippen molar-refractivity contribution >= 4 is 12.0 Å². The first kappa shape index (κ1) is 13.5. The van der Waals surface area contributed by atoms with E-state index in [4.69, 9.17) is 9.52 Å². The van der Waals surface area contributed by atoms with Gasteiger partial charge in [0.1, 0.15) is 11.8 Å². The normalized spacial score (nSPS) is 20.3. The minimum Gasteiger partial charge on any atom is -0.480 e. The fraction of sp³-hybridized carbons (Fsp3) is 0.538. The lowest BCUT2D eigenvalue weighted by atomic mass is 10.2. The van der Waals surface area contributed by atoms with Crippen LogP contribution in [0.3, 0.4) is 0 Å². The van der Waals surface area contributed by atoms with E-state index in [1.54, 1.807) is 12.3 Å². The zero-order valence-electron chi connectivity index (χ0n) is 10.8. The highest BCUT2D eigenvalue weighted by molar-refractivity contribution is 5.83. The molecule has 2 amide bonds.